The number of hydrogen-bond acceptors (Lipinski definition) is 6. The van der Waals surface area contributed by atoms with Crippen LogP contribution in [0.2, 0.25) is 0 Å². The highest BCUT2D eigenvalue weighted by atomic mass is 32.2. The number of aromatic nitrogens is 1. The highest BCUT2D eigenvalue weighted by Gasteiger charge is 2.19. The minimum Gasteiger partial charge on any atom is -0.486 e. The van der Waals surface area contributed by atoms with Gasteiger partial charge in [-0.1, -0.05) is 29.8 Å². The summed E-state index contributed by atoms with van der Waals surface area (Å²) in [6.45, 7) is 4.30. The van der Waals surface area contributed by atoms with E-state index in [1.807, 2.05) is 43.5 Å². The molecule has 2 aromatic carbocycles. The minimum atomic E-state index is -3.24. The van der Waals surface area contributed by atoms with Crippen LogP contribution < -0.4 is 4.74 Å². The molecule has 31 heavy (non-hydrogen) atoms. The van der Waals surface area contributed by atoms with Gasteiger partial charge < -0.3 is 9.64 Å². The molecular formula is C23H26N2O4S2. The number of likely N-dealkylation sites (N-methyl/N-ethyl adjacent to an activating group) is 1. The van der Waals surface area contributed by atoms with E-state index in [0.717, 1.165) is 16.3 Å². The molecule has 1 unspecified atom stereocenters. The molecule has 6 nitrogen and oxygen atoms in total. The summed E-state index contributed by atoms with van der Waals surface area (Å²) in [7, 11) is -1.50. The number of ether oxygens (including phenoxy) is 1. The first-order chi connectivity index (χ1) is 14.6. The largest absolute Gasteiger partial charge is 0.486 e. The normalized spacial score (nSPS) is 12.4. The predicted molar refractivity (Wildman–Crippen MR) is 122 cm³/mol. The summed E-state index contributed by atoms with van der Waals surface area (Å²) in [5, 5.41) is 2.70. The van der Waals surface area contributed by atoms with Crippen molar-refractivity contribution in [1.82, 2.24) is 9.88 Å². The van der Waals surface area contributed by atoms with Crippen molar-refractivity contribution in [2.45, 2.75) is 37.8 Å². The second kappa shape index (κ2) is 9.62. The van der Waals surface area contributed by atoms with Crippen LogP contribution >= 0.6 is 11.3 Å². The van der Waals surface area contributed by atoms with Gasteiger partial charge in [0.25, 0.3) is 0 Å². The lowest BCUT2D eigenvalue weighted by Crippen LogP contribution is -2.31. The summed E-state index contributed by atoms with van der Waals surface area (Å²) in [6.07, 6.45) is 1.37. The Labute approximate surface area is 187 Å². The maximum atomic E-state index is 12.7. The van der Waals surface area contributed by atoms with Crippen LogP contribution in [0.4, 0.5) is 0 Å². The SMILES string of the molecule is Cc1ccc(OCc2nc(CC(=O)N(C)C(C)c3ccc(S(C)(=O)=O)cc3)cs2)cc1. The van der Waals surface area contributed by atoms with Gasteiger partial charge >= 0.3 is 0 Å². The quantitative estimate of drug-likeness (QED) is 0.506. The van der Waals surface area contributed by atoms with E-state index < -0.39 is 9.84 Å². The third kappa shape index (κ3) is 6.15. The van der Waals surface area contributed by atoms with Gasteiger partial charge in [-0.15, -0.1) is 11.3 Å². The number of aryl methyl sites for hydroxylation is 1. The number of sulfone groups is 1. The van der Waals surface area contributed by atoms with Crippen LogP contribution in [0.3, 0.4) is 0 Å². The molecule has 0 spiro atoms. The number of amides is 1. The Morgan fingerprint density at radius 2 is 1.77 bits per heavy atom. The fraction of sp³-hybridized carbons (Fsp3) is 0.304. The average molecular weight is 459 g/mol. The van der Waals surface area contributed by atoms with Gasteiger partial charge in [0.2, 0.25) is 5.91 Å². The molecule has 1 atom stereocenters. The summed E-state index contributed by atoms with van der Waals surface area (Å²) in [5.74, 6) is 0.727. The molecule has 3 aromatic rings. The van der Waals surface area contributed by atoms with Gasteiger partial charge in [0, 0.05) is 18.7 Å². The van der Waals surface area contributed by atoms with Gasteiger partial charge in [0.15, 0.2) is 9.84 Å². The first-order valence-corrected chi connectivity index (χ1v) is 12.6. The summed E-state index contributed by atoms with van der Waals surface area (Å²) in [6, 6.07) is 14.3. The Balaban J connectivity index is 1.57. The smallest absolute Gasteiger partial charge is 0.228 e. The number of hydrogen-bond donors (Lipinski definition) is 0. The van der Waals surface area contributed by atoms with Gasteiger partial charge in [0.05, 0.1) is 23.1 Å². The highest BCUT2D eigenvalue weighted by Crippen LogP contribution is 2.22. The summed E-state index contributed by atoms with van der Waals surface area (Å²) < 4.78 is 29.0. The third-order valence-electron chi connectivity index (χ3n) is 5.08. The summed E-state index contributed by atoms with van der Waals surface area (Å²) in [4.78, 5) is 19.2. The molecule has 0 aliphatic rings. The van der Waals surface area contributed by atoms with Crippen molar-refractivity contribution in [3.05, 3.63) is 75.7 Å². The molecular weight excluding hydrogens is 432 g/mol. The first-order valence-electron chi connectivity index (χ1n) is 9.82. The maximum Gasteiger partial charge on any atom is 0.228 e. The molecule has 1 heterocycles. The molecule has 0 saturated carbocycles. The van der Waals surface area contributed by atoms with Crippen molar-refractivity contribution in [2.75, 3.05) is 13.3 Å². The van der Waals surface area contributed by atoms with Crippen LogP contribution in [-0.2, 0) is 27.7 Å². The van der Waals surface area contributed by atoms with E-state index in [4.69, 9.17) is 4.74 Å². The minimum absolute atomic E-state index is 0.0593. The second-order valence-electron chi connectivity index (χ2n) is 7.53. The van der Waals surface area contributed by atoms with Gasteiger partial charge in [-0.05, 0) is 43.7 Å². The van der Waals surface area contributed by atoms with Gasteiger partial charge in [0.1, 0.15) is 17.4 Å². The molecule has 0 radical (unpaired) electrons. The molecule has 0 aliphatic carbocycles. The van der Waals surface area contributed by atoms with Crippen LogP contribution in [0.1, 0.15) is 34.8 Å². The lowest BCUT2D eigenvalue weighted by Gasteiger charge is -2.25. The maximum absolute atomic E-state index is 12.7. The zero-order valence-electron chi connectivity index (χ0n) is 18.0. The number of benzene rings is 2. The lowest BCUT2D eigenvalue weighted by molar-refractivity contribution is -0.131. The number of thiazole rings is 1. The van der Waals surface area contributed by atoms with Crippen molar-refractivity contribution in [2.24, 2.45) is 0 Å². The molecule has 0 saturated heterocycles. The summed E-state index contributed by atoms with van der Waals surface area (Å²) >= 11 is 1.47. The molecule has 164 valence electrons. The van der Waals surface area contributed by atoms with E-state index in [1.165, 1.54) is 23.2 Å². The van der Waals surface area contributed by atoms with E-state index in [0.29, 0.717) is 12.3 Å². The summed E-state index contributed by atoms with van der Waals surface area (Å²) in [5.41, 5.74) is 2.75. The van der Waals surface area contributed by atoms with E-state index in [1.54, 1.807) is 36.2 Å². The lowest BCUT2D eigenvalue weighted by atomic mass is 10.1. The number of nitrogens with zero attached hydrogens (tertiary/aromatic N) is 2. The Morgan fingerprint density at radius 3 is 2.39 bits per heavy atom. The second-order valence-corrected chi connectivity index (χ2v) is 10.5. The van der Waals surface area contributed by atoms with E-state index >= 15 is 0 Å². The molecule has 0 aliphatic heterocycles. The predicted octanol–water partition coefficient (Wildman–Crippen LogP) is 4.20. The molecule has 0 bridgehead atoms. The van der Waals surface area contributed by atoms with E-state index in [9.17, 15) is 13.2 Å². The van der Waals surface area contributed by atoms with Crippen molar-refractivity contribution in [1.29, 1.82) is 0 Å². The Hall–Kier alpha value is -2.71. The van der Waals surface area contributed by atoms with Crippen LogP contribution in [0.15, 0.2) is 58.8 Å². The Morgan fingerprint density at radius 1 is 1.13 bits per heavy atom. The van der Waals surface area contributed by atoms with Gasteiger partial charge in [-0.2, -0.15) is 0 Å². The topological polar surface area (TPSA) is 76.6 Å². The van der Waals surface area contributed by atoms with E-state index in [2.05, 4.69) is 4.98 Å². The number of carbonyl (C=O) groups is 1. The molecule has 0 N–H and O–H groups in total. The zero-order chi connectivity index (χ0) is 22.6. The molecule has 3 rings (SSSR count). The fourth-order valence-electron chi connectivity index (χ4n) is 2.99. The van der Waals surface area contributed by atoms with Crippen LogP contribution in [0.5, 0.6) is 5.75 Å². The average Bonchev–Trinajstić information content (AvgIpc) is 3.19. The molecule has 1 amide bonds. The van der Waals surface area contributed by atoms with Crippen molar-refractivity contribution in [3.8, 4) is 5.75 Å². The van der Waals surface area contributed by atoms with E-state index in [-0.39, 0.29) is 23.3 Å². The van der Waals surface area contributed by atoms with Crippen LogP contribution in [0, 0.1) is 6.92 Å². The monoisotopic (exact) mass is 458 g/mol. The van der Waals surface area contributed by atoms with Crippen molar-refractivity contribution < 1.29 is 17.9 Å². The van der Waals surface area contributed by atoms with Gasteiger partial charge in [-0.25, -0.2) is 13.4 Å². The third-order valence-corrected chi connectivity index (χ3v) is 7.08. The standard InChI is InChI=1S/C23H26N2O4S2/c1-16-5-9-20(10-6-16)29-14-22-24-19(15-30-22)13-23(26)25(3)17(2)18-7-11-21(12-8-18)31(4,27)28/h5-12,15,17H,13-14H2,1-4H3. The van der Waals surface area contributed by atoms with Crippen molar-refractivity contribution in [3.63, 3.8) is 0 Å². The Bertz CT molecular complexity index is 1140. The van der Waals surface area contributed by atoms with Crippen LogP contribution in [-0.4, -0.2) is 37.5 Å². The zero-order valence-corrected chi connectivity index (χ0v) is 19.7. The number of carbonyl (C=O) groups excluding carboxylic acids is 1. The number of rotatable bonds is 8. The highest BCUT2D eigenvalue weighted by molar-refractivity contribution is 7.90. The molecule has 0 fully saturated rings. The Kier molecular flexibility index (Phi) is 7.12. The molecule has 1 aromatic heterocycles. The van der Waals surface area contributed by atoms with Crippen LogP contribution in [0.25, 0.3) is 0 Å². The van der Waals surface area contributed by atoms with Gasteiger partial charge in [-0.3, -0.25) is 4.79 Å². The van der Waals surface area contributed by atoms with Crippen molar-refractivity contribution >= 4 is 27.1 Å². The first kappa shape index (κ1) is 23.0. The molecule has 8 heteroatoms. The fourth-order valence-corrected chi connectivity index (χ4v) is 4.32.